The SMILES string of the molecule is CS(=O)(=O)N1CCCc2cc(C(=O)Nc3cc(C(F)(F)F)ccc3-n3cncn3)ccc21. The van der Waals surface area contributed by atoms with E-state index in [0.717, 1.165) is 18.4 Å². The number of carbonyl (C=O) groups excluding carboxylic acids is 1. The van der Waals surface area contributed by atoms with Gasteiger partial charge in [0.15, 0.2) is 0 Å². The number of nitrogens with one attached hydrogen (secondary N) is 1. The van der Waals surface area contributed by atoms with Crippen LogP contribution in [-0.4, -0.2) is 41.9 Å². The summed E-state index contributed by atoms with van der Waals surface area (Å²) in [6.07, 6.45) is 0.214. The van der Waals surface area contributed by atoms with E-state index in [1.165, 1.54) is 39.8 Å². The molecule has 0 spiro atoms. The molecule has 3 aromatic rings. The molecule has 8 nitrogen and oxygen atoms in total. The van der Waals surface area contributed by atoms with E-state index >= 15 is 0 Å². The van der Waals surface area contributed by atoms with Gasteiger partial charge in [-0.3, -0.25) is 9.10 Å². The number of sulfonamides is 1. The summed E-state index contributed by atoms with van der Waals surface area (Å²) in [4.78, 5) is 16.7. The maximum Gasteiger partial charge on any atom is 0.416 e. The van der Waals surface area contributed by atoms with Crippen LogP contribution in [0, 0.1) is 0 Å². The zero-order chi connectivity index (χ0) is 23.1. The zero-order valence-electron chi connectivity index (χ0n) is 16.8. The van der Waals surface area contributed by atoms with E-state index < -0.39 is 27.7 Å². The van der Waals surface area contributed by atoms with Crippen molar-refractivity contribution in [2.45, 2.75) is 19.0 Å². The third kappa shape index (κ3) is 4.31. The van der Waals surface area contributed by atoms with Gasteiger partial charge >= 0.3 is 6.18 Å². The smallest absolute Gasteiger partial charge is 0.320 e. The molecule has 0 aliphatic carbocycles. The highest BCUT2D eigenvalue weighted by Crippen LogP contribution is 2.34. The monoisotopic (exact) mass is 465 g/mol. The number of nitrogens with zero attached hydrogens (tertiary/aromatic N) is 4. The molecule has 0 bridgehead atoms. The van der Waals surface area contributed by atoms with Gasteiger partial charge in [0.25, 0.3) is 5.91 Å². The number of hydrogen-bond donors (Lipinski definition) is 1. The predicted molar refractivity (Wildman–Crippen MR) is 111 cm³/mol. The van der Waals surface area contributed by atoms with Crippen molar-refractivity contribution in [3.05, 3.63) is 65.7 Å². The lowest BCUT2D eigenvalue weighted by Crippen LogP contribution is -2.34. The first-order valence-corrected chi connectivity index (χ1v) is 11.4. The minimum absolute atomic E-state index is 0.0918. The maximum atomic E-state index is 13.2. The molecular weight excluding hydrogens is 447 g/mol. The summed E-state index contributed by atoms with van der Waals surface area (Å²) >= 11 is 0. The van der Waals surface area contributed by atoms with Crippen molar-refractivity contribution >= 4 is 27.3 Å². The molecule has 1 aliphatic rings. The third-order valence-electron chi connectivity index (χ3n) is 5.06. The minimum Gasteiger partial charge on any atom is -0.320 e. The Morgan fingerprint density at radius 1 is 1.12 bits per heavy atom. The molecule has 0 fully saturated rings. The number of benzene rings is 2. The Hall–Kier alpha value is -3.41. The van der Waals surface area contributed by atoms with Gasteiger partial charge in [-0.05, 0) is 54.8 Å². The van der Waals surface area contributed by atoms with E-state index in [1.54, 1.807) is 6.07 Å². The van der Waals surface area contributed by atoms with Gasteiger partial charge in [-0.2, -0.15) is 18.3 Å². The topological polar surface area (TPSA) is 97.2 Å². The Labute approximate surface area is 181 Å². The molecule has 1 aliphatic heterocycles. The van der Waals surface area contributed by atoms with Crippen molar-refractivity contribution in [3.8, 4) is 5.69 Å². The lowest BCUT2D eigenvalue weighted by atomic mass is 10.0. The third-order valence-corrected chi connectivity index (χ3v) is 6.24. The van der Waals surface area contributed by atoms with Gasteiger partial charge in [0.1, 0.15) is 12.7 Å². The van der Waals surface area contributed by atoms with E-state index in [0.29, 0.717) is 30.6 Å². The number of amides is 1. The number of hydrogen-bond acceptors (Lipinski definition) is 5. The van der Waals surface area contributed by atoms with Crippen LogP contribution in [0.4, 0.5) is 24.5 Å². The van der Waals surface area contributed by atoms with Crippen molar-refractivity contribution in [3.63, 3.8) is 0 Å². The van der Waals surface area contributed by atoms with E-state index in [2.05, 4.69) is 15.4 Å². The quantitative estimate of drug-likeness (QED) is 0.638. The van der Waals surface area contributed by atoms with Gasteiger partial charge < -0.3 is 5.32 Å². The average Bonchev–Trinajstić information content (AvgIpc) is 3.26. The normalized spacial score (nSPS) is 14.2. The number of alkyl halides is 3. The van der Waals surface area contributed by atoms with Gasteiger partial charge in [-0.25, -0.2) is 18.1 Å². The van der Waals surface area contributed by atoms with Gasteiger partial charge in [-0.1, -0.05) is 0 Å². The first-order chi connectivity index (χ1) is 15.0. The van der Waals surface area contributed by atoms with Crippen molar-refractivity contribution < 1.29 is 26.4 Å². The second-order valence-corrected chi connectivity index (χ2v) is 9.21. The Bertz CT molecular complexity index is 1270. The molecule has 0 saturated heterocycles. The molecule has 0 atom stereocenters. The summed E-state index contributed by atoms with van der Waals surface area (Å²) < 4.78 is 66.2. The van der Waals surface area contributed by atoms with Crippen LogP contribution < -0.4 is 9.62 Å². The van der Waals surface area contributed by atoms with Crippen LogP contribution >= 0.6 is 0 Å². The summed E-state index contributed by atoms with van der Waals surface area (Å²) in [6, 6.07) is 7.47. The number of aryl methyl sites for hydroxylation is 1. The standard InChI is InChI=1S/C20H18F3N5O3S/c1-32(30,31)28-8-2-3-13-9-14(4-6-17(13)28)19(29)26-16-10-15(20(21,22)23)5-7-18(16)27-12-24-11-25-27/h4-7,9-12H,2-3,8H2,1H3,(H,26,29). The highest BCUT2D eigenvalue weighted by atomic mass is 32.2. The minimum atomic E-state index is -4.60. The average molecular weight is 465 g/mol. The number of carbonyl (C=O) groups is 1. The number of aromatic nitrogens is 3. The zero-order valence-corrected chi connectivity index (χ0v) is 17.6. The van der Waals surface area contributed by atoms with Gasteiger partial charge in [0, 0.05) is 12.1 Å². The molecular formula is C20H18F3N5O3S. The molecule has 1 N–H and O–H groups in total. The Morgan fingerprint density at radius 2 is 1.88 bits per heavy atom. The Morgan fingerprint density at radius 3 is 2.53 bits per heavy atom. The summed E-state index contributed by atoms with van der Waals surface area (Å²) in [5.41, 5.74) is 0.565. The fraction of sp³-hybridized carbons (Fsp3) is 0.250. The van der Waals surface area contributed by atoms with E-state index in [-0.39, 0.29) is 16.9 Å². The fourth-order valence-corrected chi connectivity index (χ4v) is 4.58. The van der Waals surface area contributed by atoms with Gasteiger partial charge in [0.05, 0.1) is 28.9 Å². The fourth-order valence-electron chi connectivity index (χ4n) is 3.59. The van der Waals surface area contributed by atoms with Crippen LogP contribution in [0.2, 0.25) is 0 Å². The van der Waals surface area contributed by atoms with E-state index in [1.807, 2.05) is 0 Å². The molecule has 0 radical (unpaired) electrons. The van der Waals surface area contributed by atoms with Crippen LogP contribution in [0.3, 0.4) is 0 Å². The van der Waals surface area contributed by atoms with Crippen molar-refractivity contribution in [2.75, 3.05) is 22.4 Å². The summed E-state index contributed by atoms with van der Waals surface area (Å²) in [7, 11) is -3.46. The number of fused-ring (bicyclic) bond motifs is 1. The molecule has 4 rings (SSSR count). The number of anilines is 2. The van der Waals surface area contributed by atoms with Gasteiger partial charge in [0.2, 0.25) is 10.0 Å². The van der Waals surface area contributed by atoms with Gasteiger partial charge in [-0.15, -0.1) is 0 Å². The molecule has 12 heteroatoms. The summed E-state index contributed by atoms with van der Waals surface area (Å²) in [5.74, 6) is -0.634. The Kier molecular flexibility index (Phi) is 5.41. The van der Waals surface area contributed by atoms with E-state index in [4.69, 9.17) is 0 Å². The van der Waals surface area contributed by atoms with Crippen LogP contribution in [0.25, 0.3) is 5.69 Å². The highest BCUT2D eigenvalue weighted by molar-refractivity contribution is 7.92. The highest BCUT2D eigenvalue weighted by Gasteiger charge is 2.31. The van der Waals surface area contributed by atoms with Crippen molar-refractivity contribution in [1.29, 1.82) is 0 Å². The molecule has 0 unspecified atom stereocenters. The first kappa shape index (κ1) is 21.8. The first-order valence-electron chi connectivity index (χ1n) is 9.52. The second-order valence-electron chi connectivity index (χ2n) is 7.31. The number of halogens is 3. The molecule has 168 valence electrons. The van der Waals surface area contributed by atoms with Crippen LogP contribution in [-0.2, 0) is 22.6 Å². The van der Waals surface area contributed by atoms with Crippen LogP contribution in [0.15, 0.2) is 49.1 Å². The Balaban J connectivity index is 1.69. The summed E-state index contributed by atoms with van der Waals surface area (Å²) in [5, 5.41) is 6.44. The lowest BCUT2D eigenvalue weighted by molar-refractivity contribution is -0.137. The lowest BCUT2D eigenvalue weighted by Gasteiger charge is -2.29. The molecule has 32 heavy (non-hydrogen) atoms. The maximum absolute atomic E-state index is 13.2. The number of rotatable bonds is 4. The van der Waals surface area contributed by atoms with Crippen LogP contribution in [0.1, 0.15) is 27.9 Å². The largest absolute Gasteiger partial charge is 0.416 e. The molecule has 1 amide bonds. The second kappa shape index (κ2) is 7.93. The molecule has 2 aromatic carbocycles. The molecule has 2 heterocycles. The molecule has 1 aromatic heterocycles. The molecule has 0 saturated carbocycles. The van der Waals surface area contributed by atoms with Crippen molar-refractivity contribution in [1.82, 2.24) is 14.8 Å². The predicted octanol–water partition coefficient (Wildman–Crippen LogP) is 3.25. The van der Waals surface area contributed by atoms with Crippen molar-refractivity contribution in [2.24, 2.45) is 0 Å². The summed E-state index contributed by atoms with van der Waals surface area (Å²) in [6.45, 7) is 0.350. The van der Waals surface area contributed by atoms with Crippen LogP contribution in [0.5, 0.6) is 0 Å². The van der Waals surface area contributed by atoms with E-state index in [9.17, 15) is 26.4 Å².